The number of halogens is 2. The van der Waals surface area contributed by atoms with E-state index in [-0.39, 0.29) is 5.97 Å². The molecule has 1 aliphatic heterocycles. The summed E-state index contributed by atoms with van der Waals surface area (Å²) in [5, 5.41) is 4.90. The molecule has 90 valence electrons. The molecule has 0 saturated carbocycles. The zero-order valence-electron chi connectivity index (χ0n) is 8.87. The number of benzene rings is 1. The second-order valence-electron chi connectivity index (χ2n) is 3.54. The number of hydrazone groups is 1. The number of esters is 1. The Bertz CT molecular complexity index is 475. The first kappa shape index (κ1) is 12.2. The van der Waals surface area contributed by atoms with Gasteiger partial charge in [0.1, 0.15) is 5.71 Å². The van der Waals surface area contributed by atoms with Crippen LogP contribution in [0, 0.1) is 0 Å². The Morgan fingerprint density at radius 3 is 2.82 bits per heavy atom. The molecule has 6 heteroatoms. The van der Waals surface area contributed by atoms with Crippen molar-refractivity contribution >= 4 is 40.6 Å². The molecule has 1 fully saturated rings. The molecule has 0 aromatic heterocycles. The summed E-state index contributed by atoms with van der Waals surface area (Å²) in [6, 6.07) is 5.03. The van der Waals surface area contributed by atoms with Crippen LogP contribution in [-0.4, -0.2) is 18.3 Å². The molecule has 0 amide bonds. The Balaban J connectivity index is 2.08. The number of rotatable bonds is 2. The van der Waals surface area contributed by atoms with Gasteiger partial charge < -0.3 is 4.74 Å². The fourth-order valence-electron chi connectivity index (χ4n) is 1.39. The molecule has 0 bridgehead atoms. The number of ether oxygens (including phenoxy) is 1. The summed E-state index contributed by atoms with van der Waals surface area (Å²) in [6.45, 7) is 0.463. The lowest BCUT2D eigenvalue weighted by molar-refractivity contribution is -0.137. The maximum absolute atomic E-state index is 11.3. The van der Waals surface area contributed by atoms with E-state index in [1.165, 1.54) is 0 Å². The normalized spacial score (nSPS) is 18.0. The van der Waals surface area contributed by atoms with Crippen LogP contribution in [0.1, 0.15) is 12.8 Å². The van der Waals surface area contributed by atoms with Crippen LogP contribution in [0.15, 0.2) is 23.3 Å². The van der Waals surface area contributed by atoms with Gasteiger partial charge in [0.15, 0.2) is 0 Å². The fourth-order valence-corrected chi connectivity index (χ4v) is 1.69. The Morgan fingerprint density at radius 2 is 2.12 bits per heavy atom. The Labute approximate surface area is 109 Å². The van der Waals surface area contributed by atoms with E-state index < -0.39 is 0 Å². The van der Waals surface area contributed by atoms with Crippen LogP contribution in [0.2, 0.25) is 10.0 Å². The molecule has 0 spiro atoms. The standard InChI is InChI=1S/C11H10Cl2N2O2/c12-8-4-3-7(6-9(8)13)14-15-10-2-1-5-17-11(10)16/h3-4,6,14H,1-2,5H2/b15-10+. The smallest absolute Gasteiger partial charge is 0.354 e. The highest BCUT2D eigenvalue weighted by Gasteiger charge is 2.18. The first-order valence-corrected chi connectivity index (χ1v) is 5.87. The average molecular weight is 273 g/mol. The average Bonchev–Trinajstić information content (AvgIpc) is 2.32. The number of hydrogen-bond donors (Lipinski definition) is 1. The molecule has 1 saturated heterocycles. The van der Waals surface area contributed by atoms with Crippen LogP contribution in [0.5, 0.6) is 0 Å². The Kier molecular flexibility index (Phi) is 3.86. The van der Waals surface area contributed by atoms with Gasteiger partial charge in [0.25, 0.3) is 0 Å². The van der Waals surface area contributed by atoms with E-state index in [1.54, 1.807) is 18.2 Å². The van der Waals surface area contributed by atoms with Crippen molar-refractivity contribution in [1.82, 2.24) is 0 Å². The number of nitrogens with one attached hydrogen (secondary N) is 1. The Morgan fingerprint density at radius 1 is 1.29 bits per heavy atom. The van der Waals surface area contributed by atoms with E-state index in [2.05, 4.69) is 10.5 Å². The highest BCUT2D eigenvalue weighted by atomic mass is 35.5. The molecular formula is C11H10Cl2N2O2. The highest BCUT2D eigenvalue weighted by Crippen LogP contribution is 2.25. The van der Waals surface area contributed by atoms with Gasteiger partial charge in [-0.05, 0) is 24.6 Å². The van der Waals surface area contributed by atoms with E-state index in [0.29, 0.717) is 34.5 Å². The van der Waals surface area contributed by atoms with Gasteiger partial charge in [0, 0.05) is 6.42 Å². The second-order valence-corrected chi connectivity index (χ2v) is 4.35. The van der Waals surface area contributed by atoms with Crippen molar-refractivity contribution in [2.45, 2.75) is 12.8 Å². The summed E-state index contributed by atoms with van der Waals surface area (Å²) in [6.07, 6.45) is 1.42. The van der Waals surface area contributed by atoms with E-state index in [1.807, 2.05) is 0 Å². The van der Waals surface area contributed by atoms with Crippen molar-refractivity contribution in [2.75, 3.05) is 12.0 Å². The summed E-state index contributed by atoms with van der Waals surface area (Å²) < 4.78 is 4.86. The lowest BCUT2D eigenvalue weighted by Crippen LogP contribution is -2.24. The van der Waals surface area contributed by atoms with Crippen molar-refractivity contribution < 1.29 is 9.53 Å². The topological polar surface area (TPSA) is 50.7 Å². The van der Waals surface area contributed by atoms with Crippen molar-refractivity contribution in [2.24, 2.45) is 5.10 Å². The molecule has 1 N–H and O–H groups in total. The molecule has 1 aromatic rings. The maximum atomic E-state index is 11.3. The molecule has 4 nitrogen and oxygen atoms in total. The number of anilines is 1. The van der Waals surface area contributed by atoms with Crippen molar-refractivity contribution in [3.8, 4) is 0 Å². The number of carbonyl (C=O) groups excluding carboxylic acids is 1. The number of nitrogens with zero attached hydrogens (tertiary/aromatic N) is 1. The minimum absolute atomic E-state index is 0.371. The first-order valence-electron chi connectivity index (χ1n) is 5.11. The molecule has 0 atom stereocenters. The van der Waals surface area contributed by atoms with Gasteiger partial charge in [0.05, 0.1) is 22.3 Å². The van der Waals surface area contributed by atoms with E-state index >= 15 is 0 Å². The van der Waals surface area contributed by atoms with Gasteiger partial charge in [0.2, 0.25) is 0 Å². The third kappa shape index (κ3) is 3.11. The van der Waals surface area contributed by atoms with E-state index in [0.717, 1.165) is 6.42 Å². The van der Waals surface area contributed by atoms with Crippen molar-refractivity contribution in [3.05, 3.63) is 28.2 Å². The maximum Gasteiger partial charge on any atom is 0.354 e. The molecule has 17 heavy (non-hydrogen) atoms. The summed E-state index contributed by atoms with van der Waals surface area (Å²) in [4.78, 5) is 11.3. The molecule has 2 rings (SSSR count). The van der Waals surface area contributed by atoms with Gasteiger partial charge in [-0.2, -0.15) is 5.10 Å². The monoisotopic (exact) mass is 272 g/mol. The lowest BCUT2D eigenvalue weighted by atomic mass is 10.2. The van der Waals surface area contributed by atoms with E-state index in [4.69, 9.17) is 27.9 Å². The van der Waals surface area contributed by atoms with Gasteiger partial charge >= 0.3 is 5.97 Å². The van der Waals surface area contributed by atoms with E-state index in [9.17, 15) is 4.79 Å². The molecule has 1 aliphatic rings. The predicted molar refractivity (Wildman–Crippen MR) is 67.7 cm³/mol. The molecule has 0 unspecified atom stereocenters. The van der Waals surface area contributed by atoms with Crippen LogP contribution in [0.3, 0.4) is 0 Å². The SMILES string of the molecule is O=C1OCCC/C1=N\Nc1ccc(Cl)c(Cl)c1. The van der Waals surface area contributed by atoms with Crippen LogP contribution >= 0.6 is 23.2 Å². The number of hydrogen-bond acceptors (Lipinski definition) is 4. The summed E-state index contributed by atoms with van der Waals surface area (Å²) in [5.74, 6) is -0.371. The first-order chi connectivity index (χ1) is 8.16. The molecule has 0 radical (unpaired) electrons. The zero-order chi connectivity index (χ0) is 12.3. The zero-order valence-corrected chi connectivity index (χ0v) is 10.4. The third-order valence-electron chi connectivity index (χ3n) is 2.27. The highest BCUT2D eigenvalue weighted by molar-refractivity contribution is 6.42. The second kappa shape index (κ2) is 5.38. The van der Waals surface area contributed by atoms with Gasteiger partial charge in [-0.3, -0.25) is 5.43 Å². The third-order valence-corrected chi connectivity index (χ3v) is 3.01. The van der Waals surface area contributed by atoms with Crippen LogP contribution in [0.4, 0.5) is 5.69 Å². The minimum atomic E-state index is -0.371. The van der Waals surface area contributed by atoms with Crippen molar-refractivity contribution in [3.63, 3.8) is 0 Å². The van der Waals surface area contributed by atoms with Gasteiger partial charge in [-0.1, -0.05) is 23.2 Å². The summed E-state index contributed by atoms with van der Waals surface area (Å²) in [7, 11) is 0. The van der Waals surface area contributed by atoms with Crippen LogP contribution in [0.25, 0.3) is 0 Å². The molecule has 1 aromatic carbocycles. The minimum Gasteiger partial charge on any atom is -0.461 e. The lowest BCUT2D eigenvalue weighted by Gasteiger charge is -2.12. The fraction of sp³-hybridized carbons (Fsp3) is 0.273. The number of cyclic esters (lactones) is 1. The quantitative estimate of drug-likeness (QED) is 0.665. The molecule has 1 heterocycles. The van der Waals surface area contributed by atoms with Crippen LogP contribution < -0.4 is 5.43 Å². The summed E-state index contributed by atoms with van der Waals surface area (Å²) >= 11 is 11.6. The predicted octanol–water partition coefficient (Wildman–Crippen LogP) is 3.10. The van der Waals surface area contributed by atoms with Gasteiger partial charge in [-0.25, -0.2) is 4.79 Å². The number of carbonyl (C=O) groups is 1. The summed E-state index contributed by atoms with van der Waals surface area (Å²) in [5.41, 5.74) is 3.82. The van der Waals surface area contributed by atoms with Gasteiger partial charge in [-0.15, -0.1) is 0 Å². The molecular weight excluding hydrogens is 263 g/mol. The van der Waals surface area contributed by atoms with Crippen LogP contribution in [-0.2, 0) is 9.53 Å². The Hall–Kier alpha value is -1.26. The van der Waals surface area contributed by atoms with Crippen molar-refractivity contribution in [1.29, 1.82) is 0 Å². The molecule has 0 aliphatic carbocycles. The largest absolute Gasteiger partial charge is 0.461 e.